The van der Waals surface area contributed by atoms with Gasteiger partial charge in [0.2, 0.25) is 0 Å². The fraction of sp³-hybridized carbons (Fsp3) is 0.167. The average Bonchev–Trinajstić information content (AvgIpc) is 2.78. The van der Waals surface area contributed by atoms with Crippen molar-refractivity contribution in [2.45, 2.75) is 11.3 Å². The summed E-state index contributed by atoms with van der Waals surface area (Å²) in [6.45, 7) is 0. The lowest BCUT2D eigenvalue weighted by Crippen LogP contribution is -2.14. The summed E-state index contributed by atoms with van der Waals surface area (Å²) < 4.78 is 28.0. The molecule has 0 unspecified atom stereocenters. The van der Waals surface area contributed by atoms with Gasteiger partial charge < -0.3 is 5.11 Å². The maximum absolute atomic E-state index is 12.1. The molecule has 0 amide bonds. The summed E-state index contributed by atoms with van der Waals surface area (Å²) in [5.41, 5.74) is 0.645. The lowest BCUT2D eigenvalue weighted by Gasteiger charge is -2.10. The van der Waals surface area contributed by atoms with Crippen LogP contribution in [0.5, 0.6) is 0 Å². The van der Waals surface area contributed by atoms with Crippen LogP contribution in [0.2, 0.25) is 0 Å². The van der Waals surface area contributed by atoms with Gasteiger partial charge in [0.1, 0.15) is 4.90 Å². The van der Waals surface area contributed by atoms with Crippen LogP contribution in [-0.4, -0.2) is 29.3 Å². The van der Waals surface area contributed by atoms with E-state index >= 15 is 0 Å². The SMILES string of the molecule is Cn1cc(S(=O)(=O)Nc2ccccc2CC(=O)O)cn1. The molecular formula is C12H13N3O4S. The van der Waals surface area contributed by atoms with E-state index in [-0.39, 0.29) is 17.0 Å². The van der Waals surface area contributed by atoms with Crippen molar-refractivity contribution in [3.05, 3.63) is 42.2 Å². The zero-order valence-electron chi connectivity index (χ0n) is 10.6. The number of nitrogens with one attached hydrogen (secondary N) is 1. The van der Waals surface area contributed by atoms with Gasteiger partial charge >= 0.3 is 5.97 Å². The van der Waals surface area contributed by atoms with E-state index in [1.807, 2.05) is 0 Å². The van der Waals surface area contributed by atoms with E-state index in [0.717, 1.165) is 0 Å². The molecule has 0 aliphatic heterocycles. The molecule has 1 aromatic heterocycles. The normalized spacial score (nSPS) is 11.2. The Balaban J connectivity index is 2.32. The second-order valence-electron chi connectivity index (χ2n) is 4.18. The number of aliphatic carboxylic acids is 1. The summed E-state index contributed by atoms with van der Waals surface area (Å²) in [4.78, 5) is 10.8. The highest BCUT2D eigenvalue weighted by atomic mass is 32.2. The predicted octanol–water partition coefficient (Wildman–Crippen LogP) is 0.848. The molecule has 0 aliphatic rings. The molecule has 106 valence electrons. The molecule has 0 radical (unpaired) electrons. The van der Waals surface area contributed by atoms with Crippen LogP contribution < -0.4 is 4.72 Å². The smallest absolute Gasteiger partial charge is 0.307 e. The molecule has 2 aromatic rings. The number of anilines is 1. The molecule has 20 heavy (non-hydrogen) atoms. The number of hydrogen-bond donors (Lipinski definition) is 2. The van der Waals surface area contributed by atoms with Crippen LogP contribution in [0.25, 0.3) is 0 Å². The van der Waals surface area contributed by atoms with Gasteiger partial charge in [0.25, 0.3) is 10.0 Å². The van der Waals surface area contributed by atoms with Gasteiger partial charge in [-0.3, -0.25) is 14.2 Å². The molecule has 0 atom stereocenters. The summed E-state index contributed by atoms with van der Waals surface area (Å²) >= 11 is 0. The number of carbonyl (C=O) groups is 1. The van der Waals surface area contributed by atoms with Crippen molar-refractivity contribution in [1.82, 2.24) is 9.78 Å². The molecule has 0 fully saturated rings. The van der Waals surface area contributed by atoms with Crippen LogP contribution >= 0.6 is 0 Å². The van der Waals surface area contributed by atoms with Gasteiger partial charge in [0.05, 0.1) is 18.3 Å². The minimum absolute atomic E-state index is 0.0186. The zero-order valence-corrected chi connectivity index (χ0v) is 11.5. The molecule has 0 aliphatic carbocycles. The monoisotopic (exact) mass is 295 g/mol. The van der Waals surface area contributed by atoms with Crippen molar-refractivity contribution in [3.8, 4) is 0 Å². The molecule has 2 N–H and O–H groups in total. The van der Waals surface area contributed by atoms with Crippen molar-refractivity contribution in [3.63, 3.8) is 0 Å². The Kier molecular flexibility index (Phi) is 3.75. The quantitative estimate of drug-likeness (QED) is 0.851. The summed E-state index contributed by atoms with van der Waals surface area (Å²) in [6, 6.07) is 6.37. The third-order valence-corrected chi connectivity index (χ3v) is 3.91. The van der Waals surface area contributed by atoms with Crippen molar-refractivity contribution < 1.29 is 18.3 Å². The number of carboxylic acids is 1. The highest BCUT2D eigenvalue weighted by molar-refractivity contribution is 7.92. The minimum atomic E-state index is -3.78. The van der Waals surface area contributed by atoms with Gasteiger partial charge in [0.15, 0.2) is 0 Å². The second-order valence-corrected chi connectivity index (χ2v) is 5.87. The van der Waals surface area contributed by atoms with Crippen LogP contribution in [0.3, 0.4) is 0 Å². The Morgan fingerprint density at radius 3 is 2.70 bits per heavy atom. The lowest BCUT2D eigenvalue weighted by atomic mass is 10.1. The highest BCUT2D eigenvalue weighted by Gasteiger charge is 2.18. The number of rotatable bonds is 5. The van der Waals surface area contributed by atoms with Crippen LogP contribution in [-0.2, 0) is 28.3 Å². The Labute approximate surface area is 115 Å². The van der Waals surface area contributed by atoms with Gasteiger partial charge in [-0.2, -0.15) is 5.10 Å². The average molecular weight is 295 g/mol. The maximum atomic E-state index is 12.1. The summed E-state index contributed by atoms with van der Waals surface area (Å²) in [7, 11) is -2.17. The topological polar surface area (TPSA) is 101 Å². The van der Waals surface area contributed by atoms with E-state index in [1.54, 1.807) is 25.2 Å². The van der Waals surface area contributed by atoms with Crippen LogP contribution in [0.4, 0.5) is 5.69 Å². The summed E-state index contributed by atoms with van der Waals surface area (Å²) in [6.07, 6.45) is 2.33. The van der Waals surface area contributed by atoms with Gasteiger partial charge in [0, 0.05) is 13.2 Å². The van der Waals surface area contributed by atoms with Crippen LogP contribution in [0.15, 0.2) is 41.6 Å². The highest BCUT2D eigenvalue weighted by Crippen LogP contribution is 2.20. The predicted molar refractivity (Wildman–Crippen MR) is 71.8 cm³/mol. The van der Waals surface area contributed by atoms with E-state index in [1.165, 1.54) is 23.1 Å². The number of nitrogens with zero attached hydrogens (tertiary/aromatic N) is 2. The fourth-order valence-electron chi connectivity index (χ4n) is 1.68. The number of benzene rings is 1. The molecule has 1 aromatic carbocycles. The first-order valence-electron chi connectivity index (χ1n) is 5.69. The third-order valence-electron chi connectivity index (χ3n) is 2.59. The summed E-state index contributed by atoms with van der Waals surface area (Å²) in [5, 5.41) is 12.6. The van der Waals surface area contributed by atoms with E-state index in [9.17, 15) is 13.2 Å². The van der Waals surface area contributed by atoms with Crippen LogP contribution in [0.1, 0.15) is 5.56 Å². The molecule has 0 saturated heterocycles. The van der Waals surface area contributed by atoms with E-state index in [0.29, 0.717) is 5.56 Å². The Morgan fingerprint density at radius 2 is 2.10 bits per heavy atom. The molecular weight excluding hydrogens is 282 g/mol. The third kappa shape index (κ3) is 3.15. The molecule has 8 heteroatoms. The zero-order chi connectivity index (χ0) is 14.8. The Morgan fingerprint density at radius 1 is 1.40 bits per heavy atom. The van der Waals surface area contributed by atoms with Gasteiger partial charge in [-0.15, -0.1) is 0 Å². The number of carboxylic acid groups (broad SMARTS) is 1. The lowest BCUT2D eigenvalue weighted by molar-refractivity contribution is -0.136. The van der Waals surface area contributed by atoms with E-state index in [2.05, 4.69) is 9.82 Å². The van der Waals surface area contributed by atoms with E-state index < -0.39 is 16.0 Å². The van der Waals surface area contributed by atoms with Crippen molar-refractivity contribution in [2.75, 3.05) is 4.72 Å². The van der Waals surface area contributed by atoms with E-state index in [4.69, 9.17) is 5.11 Å². The number of hydrogen-bond acceptors (Lipinski definition) is 4. The molecule has 0 bridgehead atoms. The first-order chi connectivity index (χ1) is 9.38. The maximum Gasteiger partial charge on any atom is 0.307 e. The van der Waals surface area contributed by atoms with Gasteiger partial charge in [-0.05, 0) is 11.6 Å². The molecule has 0 saturated carbocycles. The number of aromatic nitrogens is 2. The molecule has 1 heterocycles. The van der Waals surface area contributed by atoms with Crippen molar-refractivity contribution in [2.24, 2.45) is 7.05 Å². The molecule has 7 nitrogen and oxygen atoms in total. The summed E-state index contributed by atoms with van der Waals surface area (Å²) in [5.74, 6) is -1.03. The van der Waals surface area contributed by atoms with Crippen molar-refractivity contribution in [1.29, 1.82) is 0 Å². The molecule has 2 rings (SSSR count). The first kappa shape index (κ1) is 14.1. The fourth-order valence-corrected chi connectivity index (χ4v) is 2.76. The van der Waals surface area contributed by atoms with Gasteiger partial charge in [-0.25, -0.2) is 8.42 Å². The Hall–Kier alpha value is -2.35. The largest absolute Gasteiger partial charge is 0.481 e. The number of sulfonamides is 1. The van der Waals surface area contributed by atoms with Gasteiger partial charge in [-0.1, -0.05) is 18.2 Å². The molecule has 0 spiro atoms. The minimum Gasteiger partial charge on any atom is -0.481 e. The van der Waals surface area contributed by atoms with Crippen molar-refractivity contribution >= 4 is 21.7 Å². The Bertz CT molecular complexity index is 737. The van der Waals surface area contributed by atoms with Crippen LogP contribution in [0, 0.1) is 0 Å². The standard InChI is InChI=1S/C12H13N3O4S/c1-15-8-10(7-13-15)20(18,19)14-11-5-3-2-4-9(11)6-12(16)17/h2-5,7-8,14H,6H2,1H3,(H,16,17). The second kappa shape index (κ2) is 5.33. The number of aryl methyl sites for hydroxylation is 1. The number of para-hydroxylation sites is 1. The first-order valence-corrected chi connectivity index (χ1v) is 7.18.